The van der Waals surface area contributed by atoms with Crippen molar-refractivity contribution in [1.29, 1.82) is 0 Å². The van der Waals surface area contributed by atoms with Gasteiger partial charge in [-0.1, -0.05) is 12.6 Å². The normalized spacial score (nSPS) is 9.71. The number of rotatable bonds is 5. The first-order chi connectivity index (χ1) is 6.70. The predicted octanol–water partition coefficient (Wildman–Crippen LogP) is 1.24. The van der Waals surface area contributed by atoms with E-state index in [1.807, 2.05) is 6.07 Å². The zero-order valence-corrected chi connectivity index (χ0v) is 7.64. The second-order valence-electron chi connectivity index (χ2n) is 2.76. The van der Waals surface area contributed by atoms with Gasteiger partial charge in [-0.2, -0.15) is 0 Å². The van der Waals surface area contributed by atoms with Crippen LogP contribution in [0.5, 0.6) is 0 Å². The molecule has 0 bridgehead atoms. The molecule has 0 saturated heterocycles. The summed E-state index contributed by atoms with van der Waals surface area (Å²) in [7, 11) is 0. The fraction of sp³-hybridized carbons (Fsp3) is 0.200. The van der Waals surface area contributed by atoms with E-state index in [1.54, 1.807) is 18.5 Å². The Morgan fingerprint density at radius 2 is 2.43 bits per heavy atom. The van der Waals surface area contributed by atoms with Crippen molar-refractivity contribution < 1.29 is 14.6 Å². The standard InChI is InChI=1S/C10H11NO3/c1-8(10(12)13)6-14-7-9-3-2-4-11-5-9/h2-5H,1,6-7H2,(H,12,13). The van der Waals surface area contributed by atoms with E-state index in [-0.39, 0.29) is 12.2 Å². The van der Waals surface area contributed by atoms with E-state index < -0.39 is 5.97 Å². The van der Waals surface area contributed by atoms with Crippen LogP contribution in [0, 0.1) is 0 Å². The van der Waals surface area contributed by atoms with Crippen molar-refractivity contribution in [1.82, 2.24) is 4.98 Å². The van der Waals surface area contributed by atoms with Gasteiger partial charge in [0.15, 0.2) is 0 Å². The van der Waals surface area contributed by atoms with Crippen molar-refractivity contribution in [2.75, 3.05) is 6.61 Å². The van der Waals surface area contributed by atoms with Gasteiger partial charge in [-0.05, 0) is 11.6 Å². The topological polar surface area (TPSA) is 59.4 Å². The van der Waals surface area contributed by atoms with E-state index >= 15 is 0 Å². The highest BCUT2D eigenvalue weighted by Crippen LogP contribution is 2.00. The van der Waals surface area contributed by atoms with E-state index in [4.69, 9.17) is 9.84 Å². The molecule has 0 aliphatic heterocycles. The van der Waals surface area contributed by atoms with Gasteiger partial charge in [-0.3, -0.25) is 4.98 Å². The van der Waals surface area contributed by atoms with E-state index in [0.717, 1.165) is 5.56 Å². The molecule has 0 saturated carbocycles. The predicted molar refractivity (Wildman–Crippen MR) is 50.7 cm³/mol. The van der Waals surface area contributed by atoms with E-state index in [2.05, 4.69) is 11.6 Å². The van der Waals surface area contributed by atoms with Crippen molar-refractivity contribution >= 4 is 5.97 Å². The van der Waals surface area contributed by atoms with Gasteiger partial charge in [0.05, 0.1) is 18.8 Å². The van der Waals surface area contributed by atoms with Crippen molar-refractivity contribution in [2.45, 2.75) is 6.61 Å². The highest BCUT2D eigenvalue weighted by Gasteiger charge is 2.03. The molecular weight excluding hydrogens is 182 g/mol. The SMILES string of the molecule is C=C(COCc1cccnc1)C(=O)O. The Morgan fingerprint density at radius 3 is 3.00 bits per heavy atom. The molecule has 74 valence electrons. The van der Waals surface area contributed by atoms with Crippen LogP contribution in [-0.2, 0) is 16.1 Å². The van der Waals surface area contributed by atoms with Gasteiger partial charge in [0, 0.05) is 12.4 Å². The molecule has 1 rings (SSSR count). The first kappa shape index (κ1) is 10.4. The number of hydrogen-bond donors (Lipinski definition) is 1. The molecule has 1 heterocycles. The molecule has 0 radical (unpaired) electrons. The summed E-state index contributed by atoms with van der Waals surface area (Å²) in [6.07, 6.45) is 3.34. The zero-order chi connectivity index (χ0) is 10.4. The first-order valence-corrected chi connectivity index (χ1v) is 4.08. The third-order valence-corrected chi connectivity index (χ3v) is 1.57. The molecule has 4 nitrogen and oxygen atoms in total. The highest BCUT2D eigenvalue weighted by atomic mass is 16.5. The number of carboxylic acids is 1. The number of carboxylic acid groups (broad SMARTS) is 1. The quantitative estimate of drug-likeness (QED) is 0.715. The monoisotopic (exact) mass is 193 g/mol. The number of hydrogen-bond acceptors (Lipinski definition) is 3. The second kappa shape index (κ2) is 5.14. The van der Waals surface area contributed by atoms with Crippen LogP contribution < -0.4 is 0 Å². The molecule has 1 aromatic heterocycles. The Kier molecular flexibility index (Phi) is 3.82. The van der Waals surface area contributed by atoms with Crippen LogP contribution in [0.2, 0.25) is 0 Å². The van der Waals surface area contributed by atoms with Gasteiger partial charge in [0.2, 0.25) is 0 Å². The Balaban J connectivity index is 2.29. The number of aliphatic carboxylic acids is 1. The minimum Gasteiger partial charge on any atom is -0.478 e. The molecular formula is C10H11NO3. The van der Waals surface area contributed by atoms with Crippen molar-refractivity contribution in [3.63, 3.8) is 0 Å². The van der Waals surface area contributed by atoms with Crippen LogP contribution in [0.4, 0.5) is 0 Å². The van der Waals surface area contributed by atoms with Crippen LogP contribution in [0.1, 0.15) is 5.56 Å². The first-order valence-electron chi connectivity index (χ1n) is 4.08. The van der Waals surface area contributed by atoms with Gasteiger partial charge in [-0.15, -0.1) is 0 Å². The molecule has 1 N–H and O–H groups in total. The minimum atomic E-state index is -1.03. The second-order valence-corrected chi connectivity index (χ2v) is 2.76. The number of carbonyl (C=O) groups is 1. The van der Waals surface area contributed by atoms with Crippen molar-refractivity contribution in [2.24, 2.45) is 0 Å². The lowest BCUT2D eigenvalue weighted by atomic mass is 10.3. The largest absolute Gasteiger partial charge is 0.478 e. The summed E-state index contributed by atoms with van der Waals surface area (Å²) in [5, 5.41) is 8.49. The maximum absolute atomic E-state index is 10.3. The van der Waals surface area contributed by atoms with Gasteiger partial charge in [0.25, 0.3) is 0 Å². The van der Waals surface area contributed by atoms with Crippen LogP contribution in [0.3, 0.4) is 0 Å². The third-order valence-electron chi connectivity index (χ3n) is 1.57. The maximum Gasteiger partial charge on any atom is 0.333 e. The third kappa shape index (κ3) is 3.37. The van der Waals surface area contributed by atoms with E-state index in [0.29, 0.717) is 6.61 Å². The smallest absolute Gasteiger partial charge is 0.333 e. The molecule has 0 unspecified atom stereocenters. The lowest BCUT2D eigenvalue weighted by molar-refractivity contribution is -0.133. The van der Waals surface area contributed by atoms with Gasteiger partial charge >= 0.3 is 5.97 Å². The fourth-order valence-electron chi connectivity index (χ4n) is 0.837. The maximum atomic E-state index is 10.3. The van der Waals surface area contributed by atoms with Crippen LogP contribution >= 0.6 is 0 Å². The summed E-state index contributed by atoms with van der Waals surface area (Å²) in [5.74, 6) is -1.03. The molecule has 14 heavy (non-hydrogen) atoms. The molecule has 0 aliphatic carbocycles. The fourth-order valence-corrected chi connectivity index (χ4v) is 0.837. The summed E-state index contributed by atoms with van der Waals surface area (Å²) in [5.41, 5.74) is 0.958. The van der Waals surface area contributed by atoms with Gasteiger partial charge in [0.1, 0.15) is 0 Å². The van der Waals surface area contributed by atoms with E-state index in [1.165, 1.54) is 0 Å². The Morgan fingerprint density at radius 1 is 1.64 bits per heavy atom. The molecule has 0 atom stereocenters. The highest BCUT2D eigenvalue weighted by molar-refractivity contribution is 5.85. The van der Waals surface area contributed by atoms with Crippen LogP contribution in [0.25, 0.3) is 0 Å². The van der Waals surface area contributed by atoms with E-state index in [9.17, 15) is 4.79 Å². The average Bonchev–Trinajstić information content (AvgIpc) is 2.19. The Hall–Kier alpha value is -1.68. The zero-order valence-electron chi connectivity index (χ0n) is 7.64. The number of aromatic nitrogens is 1. The Bertz CT molecular complexity index is 321. The molecule has 0 aromatic carbocycles. The molecule has 0 amide bonds. The lowest BCUT2D eigenvalue weighted by Gasteiger charge is -2.03. The molecule has 1 aromatic rings. The lowest BCUT2D eigenvalue weighted by Crippen LogP contribution is -2.06. The summed E-state index contributed by atoms with van der Waals surface area (Å²) in [6.45, 7) is 3.72. The van der Waals surface area contributed by atoms with Crippen LogP contribution in [-0.4, -0.2) is 22.7 Å². The van der Waals surface area contributed by atoms with Gasteiger partial charge < -0.3 is 9.84 Å². The molecule has 4 heteroatoms. The summed E-state index contributed by atoms with van der Waals surface area (Å²) < 4.78 is 5.12. The Labute approximate surface area is 81.9 Å². The van der Waals surface area contributed by atoms with Crippen LogP contribution in [0.15, 0.2) is 36.7 Å². The van der Waals surface area contributed by atoms with Gasteiger partial charge in [-0.25, -0.2) is 4.79 Å². The summed E-state index contributed by atoms with van der Waals surface area (Å²) >= 11 is 0. The van der Waals surface area contributed by atoms with Crippen molar-refractivity contribution in [3.05, 3.63) is 42.2 Å². The number of nitrogens with zero attached hydrogens (tertiary/aromatic N) is 1. The minimum absolute atomic E-state index is 0.0320. The molecule has 0 spiro atoms. The van der Waals surface area contributed by atoms with Crippen molar-refractivity contribution in [3.8, 4) is 0 Å². The number of pyridine rings is 1. The number of ether oxygens (including phenoxy) is 1. The summed E-state index contributed by atoms with van der Waals surface area (Å²) in [4.78, 5) is 14.2. The molecule has 0 aliphatic rings. The summed E-state index contributed by atoms with van der Waals surface area (Å²) in [6, 6.07) is 3.65. The molecule has 0 fully saturated rings. The average molecular weight is 193 g/mol.